The Bertz CT molecular complexity index is 1230. The monoisotopic (exact) mass is 496 g/mol. The Morgan fingerprint density at radius 3 is 2.57 bits per heavy atom. The maximum atomic E-state index is 13.9. The van der Waals surface area contributed by atoms with Gasteiger partial charge in [0.05, 0.1) is 29.8 Å². The third-order valence-corrected chi connectivity index (χ3v) is 8.51. The van der Waals surface area contributed by atoms with Gasteiger partial charge in [0.15, 0.2) is 16.7 Å². The van der Waals surface area contributed by atoms with Crippen LogP contribution >= 0.6 is 11.3 Å². The molecule has 0 bridgehead atoms. The van der Waals surface area contributed by atoms with E-state index in [2.05, 4.69) is 18.8 Å². The minimum absolute atomic E-state index is 0.0668. The van der Waals surface area contributed by atoms with Crippen molar-refractivity contribution in [2.45, 2.75) is 52.7 Å². The van der Waals surface area contributed by atoms with Crippen LogP contribution in [0.5, 0.6) is 5.75 Å². The zero-order chi connectivity index (χ0) is 25.0. The van der Waals surface area contributed by atoms with Gasteiger partial charge in [0, 0.05) is 0 Å². The molecule has 1 saturated carbocycles. The number of carbonyl (C=O) groups is 3. The number of rotatable bonds is 4. The molecule has 2 aliphatic heterocycles. The normalized spacial score (nSPS) is 28.0. The fourth-order valence-electron chi connectivity index (χ4n) is 5.30. The Hall–Kier alpha value is -3.20. The highest BCUT2D eigenvalue weighted by Crippen LogP contribution is 2.50. The average Bonchev–Trinajstić information content (AvgIpc) is 3.34. The topological polar surface area (TPSA) is 106 Å². The molecule has 5 unspecified atom stereocenters. The molecule has 3 heterocycles. The number of ketones is 1. The fourth-order valence-corrected chi connectivity index (χ4v) is 6.29. The van der Waals surface area contributed by atoms with Crippen molar-refractivity contribution in [1.82, 2.24) is 4.98 Å². The minimum atomic E-state index is -0.762. The van der Waals surface area contributed by atoms with E-state index in [9.17, 15) is 19.5 Å². The molecule has 5 rings (SSSR count). The summed E-state index contributed by atoms with van der Waals surface area (Å²) in [7, 11) is 0. The third kappa shape index (κ3) is 3.82. The lowest BCUT2D eigenvalue weighted by molar-refractivity contribution is -0.134. The summed E-state index contributed by atoms with van der Waals surface area (Å²) in [5.74, 6) is -0.402. The van der Waals surface area contributed by atoms with E-state index in [0.717, 1.165) is 17.8 Å². The summed E-state index contributed by atoms with van der Waals surface area (Å²) in [6.45, 7) is 7.94. The van der Waals surface area contributed by atoms with Crippen molar-refractivity contribution < 1.29 is 29.0 Å². The predicted octanol–water partition coefficient (Wildman–Crippen LogP) is 4.33. The van der Waals surface area contributed by atoms with Crippen molar-refractivity contribution in [1.29, 1.82) is 0 Å². The van der Waals surface area contributed by atoms with Gasteiger partial charge in [0.2, 0.25) is 0 Å². The Balaban J connectivity index is 1.61. The lowest BCUT2D eigenvalue weighted by Gasteiger charge is -2.40. The van der Waals surface area contributed by atoms with E-state index >= 15 is 0 Å². The molecule has 1 N–H and O–H groups in total. The second-order valence-electron chi connectivity index (χ2n) is 9.60. The summed E-state index contributed by atoms with van der Waals surface area (Å²) in [5, 5.41) is 10.1. The number of phenols is 1. The van der Waals surface area contributed by atoms with Gasteiger partial charge in [-0.15, -0.1) is 0 Å². The number of benzene rings is 1. The van der Waals surface area contributed by atoms with Crippen LogP contribution < -0.4 is 4.90 Å². The number of esters is 1. The van der Waals surface area contributed by atoms with Crippen LogP contribution in [0.25, 0.3) is 0 Å². The van der Waals surface area contributed by atoms with Crippen LogP contribution in [0, 0.1) is 24.7 Å². The van der Waals surface area contributed by atoms with Crippen LogP contribution in [0.3, 0.4) is 0 Å². The minimum Gasteiger partial charge on any atom is -0.508 e. The molecule has 8 nitrogen and oxygen atoms in total. The van der Waals surface area contributed by atoms with Gasteiger partial charge in [-0.1, -0.05) is 37.3 Å². The Morgan fingerprint density at radius 1 is 1.20 bits per heavy atom. The van der Waals surface area contributed by atoms with Crippen LogP contribution in [-0.4, -0.2) is 40.5 Å². The molecule has 2 aromatic rings. The Kier molecular flexibility index (Phi) is 5.91. The molecule has 0 radical (unpaired) electrons. The number of Topliss-reactive ketones (excluding diaryl/α,β-unsaturated/α-hetero) is 1. The van der Waals surface area contributed by atoms with Crippen molar-refractivity contribution in [2.24, 2.45) is 17.8 Å². The molecule has 1 aliphatic carbocycles. The molecule has 0 saturated heterocycles. The first-order valence-corrected chi connectivity index (χ1v) is 12.7. The lowest BCUT2D eigenvalue weighted by Crippen LogP contribution is -2.43. The standard InChI is InChI=1S/C26H28N2O6S/c1-5-33-25(32)23-14(4)27-26(35-23)28-20(15-6-8-16(29)9-7-15)19-21(30)17-10-12(2)13(3)11-18(17)34-22(19)24(28)31/h6-9,12-13,17-18,20,29H,5,10-11H2,1-4H3. The van der Waals surface area contributed by atoms with Gasteiger partial charge in [0.25, 0.3) is 5.91 Å². The van der Waals surface area contributed by atoms with Crippen molar-refractivity contribution in [3.63, 3.8) is 0 Å². The largest absolute Gasteiger partial charge is 0.508 e. The highest BCUT2D eigenvalue weighted by Gasteiger charge is 2.54. The number of thiazole rings is 1. The summed E-state index contributed by atoms with van der Waals surface area (Å²) < 4.78 is 11.4. The third-order valence-electron chi connectivity index (χ3n) is 7.37. The first-order valence-electron chi connectivity index (χ1n) is 11.9. The van der Waals surface area contributed by atoms with Gasteiger partial charge in [0.1, 0.15) is 16.7 Å². The number of fused-ring (bicyclic) bond motifs is 1. The number of carbonyl (C=O) groups excluding carboxylic acids is 3. The quantitative estimate of drug-likeness (QED) is 0.628. The zero-order valence-corrected chi connectivity index (χ0v) is 20.9. The number of aryl methyl sites for hydroxylation is 1. The molecular formula is C26H28N2O6S. The van der Waals surface area contributed by atoms with E-state index in [1.54, 1.807) is 26.0 Å². The van der Waals surface area contributed by atoms with Gasteiger partial charge in [-0.25, -0.2) is 9.78 Å². The molecule has 35 heavy (non-hydrogen) atoms. The molecule has 9 heteroatoms. The van der Waals surface area contributed by atoms with E-state index in [1.807, 2.05) is 0 Å². The maximum Gasteiger partial charge on any atom is 0.350 e. The van der Waals surface area contributed by atoms with Crippen molar-refractivity contribution in [3.05, 3.63) is 51.7 Å². The van der Waals surface area contributed by atoms with E-state index < -0.39 is 17.9 Å². The summed E-state index contributed by atoms with van der Waals surface area (Å²) in [6.07, 6.45) is 1.10. The van der Waals surface area contributed by atoms with Gasteiger partial charge < -0.3 is 14.6 Å². The highest BCUT2D eigenvalue weighted by atomic mass is 32.1. The van der Waals surface area contributed by atoms with Gasteiger partial charge in [-0.05, 0) is 56.2 Å². The molecular weight excluding hydrogens is 468 g/mol. The molecule has 0 spiro atoms. The highest BCUT2D eigenvalue weighted by molar-refractivity contribution is 7.17. The number of aromatic nitrogens is 1. The number of phenolic OH excluding ortho intramolecular Hbond substituents is 1. The number of aromatic hydroxyl groups is 1. The van der Waals surface area contributed by atoms with Crippen molar-refractivity contribution >= 4 is 34.1 Å². The van der Waals surface area contributed by atoms with E-state index in [4.69, 9.17) is 9.47 Å². The van der Waals surface area contributed by atoms with Crippen LogP contribution in [0.4, 0.5) is 5.13 Å². The number of nitrogens with zero attached hydrogens (tertiary/aromatic N) is 2. The summed E-state index contributed by atoms with van der Waals surface area (Å²) in [4.78, 5) is 46.3. The molecule has 5 atom stereocenters. The first-order chi connectivity index (χ1) is 16.7. The molecule has 1 aromatic heterocycles. The van der Waals surface area contributed by atoms with Crippen LogP contribution in [0.15, 0.2) is 35.6 Å². The van der Waals surface area contributed by atoms with Gasteiger partial charge in [-0.2, -0.15) is 0 Å². The van der Waals surface area contributed by atoms with E-state index in [-0.39, 0.29) is 35.9 Å². The molecule has 184 valence electrons. The number of ether oxygens (including phenoxy) is 2. The van der Waals surface area contributed by atoms with Crippen molar-refractivity contribution in [3.8, 4) is 5.75 Å². The summed E-state index contributed by atoms with van der Waals surface area (Å²) in [5.41, 5.74) is 1.43. The SMILES string of the molecule is CCOC(=O)c1sc(N2C(=O)C3=C(C(=O)C4CC(C)C(C)CC4O3)C2c2ccc(O)cc2)nc1C. The van der Waals surface area contributed by atoms with E-state index in [1.165, 1.54) is 17.0 Å². The summed E-state index contributed by atoms with van der Waals surface area (Å²) in [6, 6.07) is 5.66. The van der Waals surface area contributed by atoms with Crippen LogP contribution in [0.2, 0.25) is 0 Å². The average molecular weight is 497 g/mol. The van der Waals surface area contributed by atoms with Crippen molar-refractivity contribution in [2.75, 3.05) is 11.5 Å². The van der Waals surface area contributed by atoms with E-state index in [0.29, 0.717) is 45.1 Å². The first kappa shape index (κ1) is 23.5. The predicted molar refractivity (Wildman–Crippen MR) is 129 cm³/mol. The zero-order valence-electron chi connectivity index (χ0n) is 20.1. The smallest absolute Gasteiger partial charge is 0.350 e. The van der Waals surface area contributed by atoms with Gasteiger partial charge in [-0.3, -0.25) is 14.5 Å². The number of anilines is 1. The van der Waals surface area contributed by atoms with Crippen LogP contribution in [-0.2, 0) is 19.1 Å². The lowest BCUT2D eigenvalue weighted by atomic mass is 9.70. The molecule has 1 fully saturated rings. The second-order valence-corrected chi connectivity index (χ2v) is 10.6. The Labute approximate surface area is 207 Å². The summed E-state index contributed by atoms with van der Waals surface area (Å²) >= 11 is 1.06. The fraction of sp³-hybridized carbons (Fsp3) is 0.462. The van der Waals surface area contributed by atoms with Gasteiger partial charge >= 0.3 is 5.97 Å². The number of hydrogen-bond acceptors (Lipinski definition) is 8. The second kappa shape index (κ2) is 8.78. The number of hydrogen-bond donors (Lipinski definition) is 1. The maximum absolute atomic E-state index is 13.9. The van der Waals surface area contributed by atoms with Crippen LogP contribution in [0.1, 0.15) is 60.6 Å². The Morgan fingerprint density at radius 2 is 1.89 bits per heavy atom. The molecule has 1 aromatic carbocycles. The molecule has 3 aliphatic rings. The number of amides is 1. The molecule has 1 amide bonds.